The predicted octanol–water partition coefficient (Wildman–Crippen LogP) is 1.98. The number of rotatable bonds is 8. The maximum atomic E-state index is 11.5. The van der Waals surface area contributed by atoms with E-state index in [2.05, 4.69) is 21.2 Å². The smallest absolute Gasteiger partial charge is 0.312 e. The highest BCUT2D eigenvalue weighted by Gasteiger charge is 2.30. The van der Waals surface area contributed by atoms with Crippen LogP contribution in [0.4, 0.5) is 5.69 Å². The molecule has 21 heavy (non-hydrogen) atoms. The summed E-state index contributed by atoms with van der Waals surface area (Å²) in [6, 6.07) is 4.53. The quantitative estimate of drug-likeness (QED) is 0.544. The van der Waals surface area contributed by atoms with E-state index in [-0.39, 0.29) is 18.0 Å². The van der Waals surface area contributed by atoms with Crippen molar-refractivity contribution in [1.29, 1.82) is 0 Å². The molecule has 1 aromatic rings. The van der Waals surface area contributed by atoms with Crippen LogP contribution in [-0.4, -0.2) is 29.5 Å². The highest BCUT2D eigenvalue weighted by molar-refractivity contribution is 9.10. The molecule has 0 aliphatic heterocycles. The molecule has 0 aliphatic carbocycles. The van der Waals surface area contributed by atoms with Crippen molar-refractivity contribution in [2.24, 2.45) is 5.73 Å². The lowest BCUT2D eigenvalue weighted by Gasteiger charge is -2.26. The van der Waals surface area contributed by atoms with Crippen molar-refractivity contribution in [3.8, 4) is 5.75 Å². The highest BCUT2D eigenvalue weighted by atomic mass is 79.9. The summed E-state index contributed by atoms with van der Waals surface area (Å²) < 4.78 is 6.03. The summed E-state index contributed by atoms with van der Waals surface area (Å²) in [7, 11) is 0. The van der Waals surface area contributed by atoms with E-state index in [0.717, 1.165) is 0 Å². The Morgan fingerprint density at radius 3 is 2.76 bits per heavy atom. The summed E-state index contributed by atoms with van der Waals surface area (Å²) in [5.74, 6) is -0.329. The zero-order valence-corrected chi connectivity index (χ0v) is 13.5. The third kappa shape index (κ3) is 4.68. The minimum Gasteiger partial charge on any atom is -0.487 e. The topological polar surface area (TPSA) is 107 Å². The van der Waals surface area contributed by atoms with Gasteiger partial charge in [0.2, 0.25) is 5.91 Å². The number of nitrogens with zero attached hydrogens (tertiary/aromatic N) is 1. The zero-order valence-electron chi connectivity index (χ0n) is 11.9. The van der Waals surface area contributed by atoms with Crippen LogP contribution in [0.2, 0.25) is 0 Å². The first-order valence-electron chi connectivity index (χ1n) is 6.42. The van der Waals surface area contributed by atoms with Crippen molar-refractivity contribution in [3.05, 3.63) is 32.8 Å². The van der Waals surface area contributed by atoms with Crippen molar-refractivity contribution >= 4 is 27.5 Å². The Balaban J connectivity index is 2.76. The number of carbonyl (C=O) groups is 1. The molecule has 8 heteroatoms. The minimum atomic E-state index is -0.904. The van der Waals surface area contributed by atoms with Gasteiger partial charge in [0.05, 0.1) is 17.1 Å². The van der Waals surface area contributed by atoms with Crippen molar-refractivity contribution in [3.63, 3.8) is 0 Å². The zero-order chi connectivity index (χ0) is 16.0. The number of likely N-dealkylation sites (N-methyl/N-ethyl adjacent to an activating group) is 1. The summed E-state index contributed by atoms with van der Waals surface area (Å²) in [4.78, 5) is 21.9. The Hall–Kier alpha value is -1.67. The SMILES string of the molecule is CCNC(C)(CCOc1ccc(Br)cc1[N+](=O)[O-])C(N)=O. The van der Waals surface area contributed by atoms with Gasteiger partial charge in [0.25, 0.3) is 0 Å². The molecule has 0 spiro atoms. The van der Waals surface area contributed by atoms with Gasteiger partial charge >= 0.3 is 5.69 Å². The third-order valence-electron chi connectivity index (χ3n) is 3.09. The average Bonchev–Trinajstić information content (AvgIpc) is 2.40. The van der Waals surface area contributed by atoms with Crippen LogP contribution >= 0.6 is 15.9 Å². The first kappa shape index (κ1) is 17.4. The van der Waals surface area contributed by atoms with Crippen LogP contribution < -0.4 is 15.8 Å². The summed E-state index contributed by atoms with van der Waals surface area (Å²) >= 11 is 3.17. The van der Waals surface area contributed by atoms with Crippen LogP contribution in [0.3, 0.4) is 0 Å². The fourth-order valence-corrected chi connectivity index (χ4v) is 2.16. The highest BCUT2D eigenvalue weighted by Crippen LogP contribution is 2.30. The largest absolute Gasteiger partial charge is 0.487 e. The van der Waals surface area contributed by atoms with Crippen molar-refractivity contribution in [1.82, 2.24) is 5.32 Å². The first-order chi connectivity index (χ1) is 9.80. The molecule has 7 nitrogen and oxygen atoms in total. The van der Waals surface area contributed by atoms with Gasteiger partial charge in [-0.25, -0.2) is 0 Å². The second-order valence-electron chi connectivity index (χ2n) is 4.69. The molecule has 0 heterocycles. The fourth-order valence-electron chi connectivity index (χ4n) is 1.81. The summed E-state index contributed by atoms with van der Waals surface area (Å²) in [6.07, 6.45) is 0.309. The number of nitro groups is 1. The van der Waals surface area contributed by atoms with E-state index in [1.807, 2.05) is 6.92 Å². The van der Waals surface area contributed by atoms with E-state index in [9.17, 15) is 14.9 Å². The molecular weight excluding hydrogens is 342 g/mol. The maximum Gasteiger partial charge on any atom is 0.312 e. The summed E-state index contributed by atoms with van der Waals surface area (Å²) in [5, 5.41) is 14.0. The number of halogens is 1. The fraction of sp³-hybridized carbons (Fsp3) is 0.462. The lowest BCUT2D eigenvalue weighted by Crippen LogP contribution is -2.53. The summed E-state index contributed by atoms with van der Waals surface area (Å²) in [6.45, 7) is 4.26. The van der Waals surface area contributed by atoms with Gasteiger partial charge in [-0.3, -0.25) is 14.9 Å². The molecule has 0 radical (unpaired) electrons. The van der Waals surface area contributed by atoms with Crippen LogP contribution in [0.5, 0.6) is 5.75 Å². The van der Waals surface area contributed by atoms with Gasteiger partial charge in [-0.2, -0.15) is 0 Å². The molecule has 0 saturated carbocycles. The van der Waals surface area contributed by atoms with E-state index in [4.69, 9.17) is 10.5 Å². The Kier molecular flexibility index (Phi) is 6.10. The van der Waals surface area contributed by atoms with Crippen molar-refractivity contribution in [2.75, 3.05) is 13.2 Å². The Morgan fingerprint density at radius 1 is 1.57 bits per heavy atom. The predicted molar refractivity (Wildman–Crippen MR) is 82.2 cm³/mol. The molecule has 0 bridgehead atoms. The molecule has 0 saturated heterocycles. The average molecular weight is 360 g/mol. The number of hydrogen-bond acceptors (Lipinski definition) is 5. The minimum absolute atomic E-state index is 0.131. The first-order valence-corrected chi connectivity index (χ1v) is 7.21. The molecule has 1 rings (SSSR count). The van der Waals surface area contributed by atoms with Crippen LogP contribution in [-0.2, 0) is 4.79 Å². The second kappa shape index (κ2) is 7.37. The molecule has 1 atom stereocenters. The molecule has 3 N–H and O–H groups in total. The lowest BCUT2D eigenvalue weighted by molar-refractivity contribution is -0.385. The molecular formula is C13H18BrN3O4. The number of amides is 1. The monoisotopic (exact) mass is 359 g/mol. The number of carbonyl (C=O) groups excluding carboxylic acids is 1. The number of benzene rings is 1. The Morgan fingerprint density at radius 2 is 2.24 bits per heavy atom. The van der Waals surface area contributed by atoms with Gasteiger partial charge in [0, 0.05) is 17.0 Å². The van der Waals surface area contributed by atoms with Gasteiger partial charge in [0.1, 0.15) is 0 Å². The molecule has 1 aromatic carbocycles. The number of nitrogens with two attached hydrogens (primary N) is 1. The van der Waals surface area contributed by atoms with E-state index in [0.29, 0.717) is 17.4 Å². The van der Waals surface area contributed by atoms with Gasteiger partial charge in [-0.15, -0.1) is 0 Å². The second-order valence-corrected chi connectivity index (χ2v) is 5.61. The number of primary amides is 1. The summed E-state index contributed by atoms with van der Waals surface area (Å²) in [5.41, 5.74) is 4.33. The lowest BCUT2D eigenvalue weighted by atomic mass is 9.97. The van der Waals surface area contributed by atoms with Crippen LogP contribution in [0.25, 0.3) is 0 Å². The standard InChI is InChI=1S/C13H18BrN3O4/c1-3-16-13(2,12(15)18)6-7-21-11-5-4-9(14)8-10(11)17(19)20/h4-5,8,16H,3,6-7H2,1-2H3,(H2,15,18). The van der Waals surface area contributed by atoms with Gasteiger partial charge < -0.3 is 15.8 Å². The molecule has 0 aliphatic rings. The van der Waals surface area contributed by atoms with E-state index in [1.54, 1.807) is 13.0 Å². The third-order valence-corrected chi connectivity index (χ3v) is 3.58. The Bertz CT molecular complexity index is 538. The number of nitro benzene ring substituents is 1. The molecule has 0 fully saturated rings. The molecule has 1 unspecified atom stereocenters. The molecule has 116 valence electrons. The van der Waals surface area contributed by atoms with Crippen molar-refractivity contribution < 1.29 is 14.5 Å². The van der Waals surface area contributed by atoms with Crippen LogP contribution in [0.15, 0.2) is 22.7 Å². The number of hydrogen-bond donors (Lipinski definition) is 2. The normalized spacial score (nSPS) is 13.5. The maximum absolute atomic E-state index is 11.5. The molecule has 1 amide bonds. The van der Waals surface area contributed by atoms with E-state index in [1.165, 1.54) is 12.1 Å². The Labute approximate surface area is 131 Å². The molecule has 0 aromatic heterocycles. The van der Waals surface area contributed by atoms with Crippen LogP contribution in [0, 0.1) is 10.1 Å². The van der Waals surface area contributed by atoms with E-state index < -0.39 is 16.4 Å². The van der Waals surface area contributed by atoms with Gasteiger partial charge in [0.15, 0.2) is 5.75 Å². The van der Waals surface area contributed by atoms with Gasteiger partial charge in [-0.1, -0.05) is 22.9 Å². The number of nitrogens with one attached hydrogen (secondary N) is 1. The number of ether oxygens (including phenoxy) is 1. The van der Waals surface area contributed by atoms with Gasteiger partial charge in [-0.05, 0) is 25.6 Å². The van der Waals surface area contributed by atoms with Crippen molar-refractivity contribution in [2.45, 2.75) is 25.8 Å². The van der Waals surface area contributed by atoms with Crippen LogP contribution in [0.1, 0.15) is 20.3 Å². The van der Waals surface area contributed by atoms with E-state index >= 15 is 0 Å².